The second kappa shape index (κ2) is 11.3. The topological polar surface area (TPSA) is 43.8 Å². The summed E-state index contributed by atoms with van der Waals surface area (Å²) >= 11 is 0. The molecule has 1 fully saturated rings. The lowest BCUT2D eigenvalue weighted by Gasteiger charge is -2.43. The van der Waals surface area contributed by atoms with Crippen LogP contribution in [0.25, 0.3) is 0 Å². The van der Waals surface area contributed by atoms with E-state index in [2.05, 4.69) is 34.1 Å². The molecule has 0 saturated carbocycles. The molecule has 0 spiro atoms. The van der Waals surface area contributed by atoms with Crippen LogP contribution < -0.4 is 0 Å². The summed E-state index contributed by atoms with van der Waals surface area (Å²) in [4.78, 5) is 17.5. The Hall–Kier alpha value is -1.43. The number of aliphatic hydroxyl groups excluding tert-OH is 1. The van der Waals surface area contributed by atoms with Gasteiger partial charge in [0.1, 0.15) is 0 Å². The van der Waals surface area contributed by atoms with Crippen molar-refractivity contribution in [3.05, 3.63) is 71.3 Å². The van der Waals surface area contributed by atoms with Gasteiger partial charge in [0, 0.05) is 56.7 Å². The van der Waals surface area contributed by atoms with Crippen LogP contribution in [0.1, 0.15) is 28.4 Å². The number of hydrogen-bond donors (Lipinski definition) is 1. The number of halogens is 2. The molecule has 0 bridgehead atoms. The molecule has 3 atom stereocenters. The molecule has 0 aromatic heterocycles. The molecule has 4 nitrogen and oxygen atoms in total. The van der Waals surface area contributed by atoms with E-state index in [-0.39, 0.29) is 48.7 Å². The summed E-state index contributed by atoms with van der Waals surface area (Å²) in [6, 6.07) is 18.3. The summed E-state index contributed by atoms with van der Waals surface area (Å²) in [5, 5.41) is 10.7. The molecule has 4 rings (SSSR count). The lowest BCUT2D eigenvalue weighted by Crippen LogP contribution is -2.56. The van der Waals surface area contributed by atoms with Crippen LogP contribution in [0.4, 0.5) is 0 Å². The van der Waals surface area contributed by atoms with Crippen LogP contribution in [0.15, 0.2) is 54.6 Å². The Bertz CT molecular complexity index is 810. The number of ketones is 1. The molecule has 1 unspecified atom stereocenters. The molecule has 1 aliphatic carbocycles. The highest BCUT2D eigenvalue weighted by molar-refractivity contribution is 5.97. The fourth-order valence-corrected chi connectivity index (χ4v) is 4.69. The van der Waals surface area contributed by atoms with Gasteiger partial charge in [-0.05, 0) is 17.5 Å². The fraction of sp³-hybridized carbons (Fsp3) is 0.458. The minimum absolute atomic E-state index is 0. The average molecular weight is 451 g/mol. The van der Waals surface area contributed by atoms with E-state index in [0.29, 0.717) is 0 Å². The van der Waals surface area contributed by atoms with Crippen molar-refractivity contribution in [1.82, 2.24) is 9.80 Å². The van der Waals surface area contributed by atoms with Crippen molar-refractivity contribution in [3.8, 4) is 0 Å². The second-order valence-electron chi connectivity index (χ2n) is 8.28. The average Bonchev–Trinajstić information content (AvgIpc) is 2.74. The Morgan fingerprint density at radius 3 is 2.13 bits per heavy atom. The first kappa shape index (κ1) is 24.8. The second-order valence-corrected chi connectivity index (χ2v) is 8.28. The van der Waals surface area contributed by atoms with Crippen LogP contribution in [0.2, 0.25) is 0 Å². The number of Topliss-reactive ketones (excluding diaryl/α,β-unsaturated/α-hetero) is 1. The van der Waals surface area contributed by atoms with Gasteiger partial charge in [0.05, 0.1) is 6.10 Å². The van der Waals surface area contributed by atoms with Crippen LogP contribution in [0, 0.1) is 5.92 Å². The zero-order valence-electron chi connectivity index (χ0n) is 17.4. The van der Waals surface area contributed by atoms with Gasteiger partial charge in [-0.3, -0.25) is 9.69 Å². The van der Waals surface area contributed by atoms with Gasteiger partial charge in [0.25, 0.3) is 0 Å². The lowest BCUT2D eigenvalue weighted by molar-refractivity contribution is 0.0121. The van der Waals surface area contributed by atoms with Crippen molar-refractivity contribution in [2.75, 3.05) is 32.7 Å². The number of carbonyl (C=O) groups excluding carboxylic acids is 1. The molecule has 1 aliphatic heterocycles. The fourth-order valence-electron chi connectivity index (χ4n) is 4.69. The Morgan fingerprint density at radius 1 is 0.933 bits per heavy atom. The highest BCUT2D eigenvalue weighted by Gasteiger charge is 2.33. The molecule has 6 heteroatoms. The van der Waals surface area contributed by atoms with Gasteiger partial charge in [-0.25, -0.2) is 0 Å². The number of fused-ring (bicyclic) bond motifs is 1. The SMILES string of the molecule is CC(CN1CCN([C@@H]2Cc3ccccc3C[C@H]2O)CC1)C(=O)c1ccccc1.Cl.Cl. The zero-order valence-corrected chi connectivity index (χ0v) is 19.1. The predicted molar refractivity (Wildman–Crippen MR) is 126 cm³/mol. The summed E-state index contributed by atoms with van der Waals surface area (Å²) in [5.41, 5.74) is 3.47. The van der Waals surface area contributed by atoms with E-state index in [1.165, 1.54) is 11.1 Å². The van der Waals surface area contributed by atoms with Gasteiger partial charge in [-0.15, -0.1) is 24.8 Å². The molecule has 0 radical (unpaired) electrons. The van der Waals surface area contributed by atoms with E-state index < -0.39 is 0 Å². The van der Waals surface area contributed by atoms with Crippen molar-refractivity contribution in [1.29, 1.82) is 0 Å². The number of benzene rings is 2. The number of carbonyl (C=O) groups is 1. The largest absolute Gasteiger partial charge is 0.391 e. The van der Waals surface area contributed by atoms with Gasteiger partial charge in [0.15, 0.2) is 5.78 Å². The Morgan fingerprint density at radius 2 is 1.50 bits per heavy atom. The normalized spacial score (nSPS) is 22.9. The van der Waals surface area contributed by atoms with Crippen LogP contribution in [-0.2, 0) is 12.8 Å². The Kier molecular flexibility index (Phi) is 9.32. The van der Waals surface area contributed by atoms with Crippen molar-refractivity contribution in [3.63, 3.8) is 0 Å². The van der Waals surface area contributed by atoms with Gasteiger partial charge < -0.3 is 10.0 Å². The van der Waals surface area contributed by atoms with Crippen LogP contribution in [0.5, 0.6) is 0 Å². The maximum atomic E-state index is 12.6. The first-order chi connectivity index (χ1) is 13.6. The zero-order chi connectivity index (χ0) is 19.5. The van der Waals surface area contributed by atoms with Gasteiger partial charge in [-0.2, -0.15) is 0 Å². The summed E-state index contributed by atoms with van der Waals surface area (Å²) in [7, 11) is 0. The molecule has 30 heavy (non-hydrogen) atoms. The molecule has 2 aromatic rings. The molecule has 0 amide bonds. The van der Waals surface area contributed by atoms with Crippen LogP contribution >= 0.6 is 24.8 Å². The third-order valence-corrected chi connectivity index (χ3v) is 6.33. The van der Waals surface area contributed by atoms with Gasteiger partial charge in [-0.1, -0.05) is 61.5 Å². The predicted octanol–water partition coefficient (Wildman–Crippen LogP) is 3.49. The number of aliphatic hydroxyl groups is 1. The minimum atomic E-state index is -0.292. The number of hydrogen-bond acceptors (Lipinski definition) is 4. The first-order valence-electron chi connectivity index (χ1n) is 10.4. The maximum Gasteiger partial charge on any atom is 0.166 e. The quantitative estimate of drug-likeness (QED) is 0.707. The molecule has 2 aromatic carbocycles. The number of rotatable bonds is 5. The van der Waals surface area contributed by atoms with Crippen LogP contribution in [-0.4, -0.2) is 65.6 Å². The third-order valence-electron chi connectivity index (χ3n) is 6.33. The van der Waals surface area contributed by atoms with Gasteiger partial charge >= 0.3 is 0 Å². The van der Waals surface area contributed by atoms with E-state index >= 15 is 0 Å². The number of nitrogens with zero attached hydrogens (tertiary/aromatic N) is 2. The van der Waals surface area contributed by atoms with E-state index in [1.807, 2.05) is 37.3 Å². The molecule has 1 N–H and O–H groups in total. The monoisotopic (exact) mass is 450 g/mol. The van der Waals surface area contributed by atoms with Gasteiger partial charge in [0.2, 0.25) is 0 Å². The Balaban J connectivity index is 0.00000160. The molecule has 1 heterocycles. The maximum absolute atomic E-state index is 12.6. The van der Waals surface area contributed by atoms with Crippen molar-refractivity contribution in [2.24, 2.45) is 5.92 Å². The molecule has 1 saturated heterocycles. The van der Waals surface area contributed by atoms with Crippen molar-refractivity contribution < 1.29 is 9.90 Å². The smallest absolute Gasteiger partial charge is 0.166 e. The minimum Gasteiger partial charge on any atom is -0.391 e. The third kappa shape index (κ3) is 5.63. The molecular formula is C24H32Cl2N2O2. The highest BCUT2D eigenvalue weighted by Crippen LogP contribution is 2.26. The number of piperazine rings is 1. The molecular weight excluding hydrogens is 419 g/mol. The van der Waals surface area contributed by atoms with Crippen LogP contribution in [0.3, 0.4) is 0 Å². The van der Waals surface area contributed by atoms with E-state index in [1.54, 1.807) is 0 Å². The molecule has 164 valence electrons. The highest BCUT2D eigenvalue weighted by atomic mass is 35.5. The molecule has 2 aliphatic rings. The lowest BCUT2D eigenvalue weighted by atomic mass is 9.85. The summed E-state index contributed by atoms with van der Waals surface area (Å²) in [5.74, 6) is 0.225. The van der Waals surface area contributed by atoms with E-state index in [9.17, 15) is 9.90 Å². The van der Waals surface area contributed by atoms with Crippen molar-refractivity contribution >= 4 is 30.6 Å². The van der Waals surface area contributed by atoms with Crippen molar-refractivity contribution in [2.45, 2.75) is 31.9 Å². The van der Waals surface area contributed by atoms with E-state index in [0.717, 1.165) is 51.1 Å². The first-order valence-corrected chi connectivity index (χ1v) is 10.4. The standard InChI is InChI=1S/C24H30N2O2.2ClH/c1-18(24(28)19-7-3-2-4-8-19)17-25-11-13-26(14-12-25)22-15-20-9-5-6-10-21(20)16-23(22)27;;/h2-10,18,22-23,27H,11-17H2,1H3;2*1H/t18?,22-,23-;;/m1../s1. The summed E-state index contributed by atoms with van der Waals surface area (Å²) in [6.07, 6.45) is 1.39. The van der Waals surface area contributed by atoms with E-state index in [4.69, 9.17) is 0 Å². The summed E-state index contributed by atoms with van der Waals surface area (Å²) < 4.78 is 0. The Labute approximate surface area is 192 Å². The summed E-state index contributed by atoms with van der Waals surface area (Å²) in [6.45, 7) is 6.65.